The van der Waals surface area contributed by atoms with Crippen LogP contribution in [0.1, 0.15) is 67.7 Å². The number of amides is 2. The molecule has 210 valence electrons. The molecule has 36 heavy (non-hydrogen) atoms. The molecule has 9 nitrogen and oxygen atoms in total. The van der Waals surface area contributed by atoms with E-state index in [0.29, 0.717) is 41.4 Å². The average molecular weight is 529 g/mol. The third-order valence-electron chi connectivity index (χ3n) is 6.51. The van der Waals surface area contributed by atoms with E-state index in [1.54, 1.807) is 13.8 Å². The Labute approximate surface area is 243 Å². The first-order valence-electron chi connectivity index (χ1n) is 12.0. The van der Waals surface area contributed by atoms with E-state index in [4.69, 9.17) is 5.73 Å². The number of quaternary nitrogens is 2. The molecule has 0 aromatic heterocycles. The van der Waals surface area contributed by atoms with Crippen LogP contribution in [-0.2, 0) is 14.4 Å². The van der Waals surface area contributed by atoms with Crippen molar-refractivity contribution in [1.29, 1.82) is 0 Å². The topological polar surface area (TPSA) is 133 Å². The maximum absolute atomic E-state index is 12.9. The van der Waals surface area contributed by atoms with Crippen LogP contribution in [0.4, 0.5) is 0 Å². The average Bonchev–Trinajstić information content (AvgIpc) is 2.65. The molecule has 0 aliphatic heterocycles. The van der Waals surface area contributed by atoms with Crippen LogP contribution in [0.15, 0.2) is 0 Å². The molecule has 4 atom stereocenters. The summed E-state index contributed by atoms with van der Waals surface area (Å²) in [7, 11) is 10.3. The normalized spacial score (nSPS) is 15.6. The Morgan fingerprint density at radius 1 is 1.03 bits per heavy atom. The molecule has 0 aliphatic carbocycles. The van der Waals surface area contributed by atoms with Crippen LogP contribution in [0.5, 0.6) is 0 Å². The predicted molar refractivity (Wildman–Crippen MR) is 141 cm³/mol. The SMILES string of the molecule is C.C.CCC(CC(CC(C)(CC)C(=O)NCCC[N+](C)(C)CC(O)C[N+](C)(C)C)C(=O)[O-])C(N)=O.[Na+]. The minimum absolute atomic E-state index is 0. The Morgan fingerprint density at radius 2 is 1.56 bits per heavy atom. The summed E-state index contributed by atoms with van der Waals surface area (Å²) in [5.74, 6) is -3.45. The number of rotatable bonds is 17. The Bertz CT molecular complexity index is 655. The number of hydrogen-bond acceptors (Lipinski definition) is 5. The van der Waals surface area contributed by atoms with Gasteiger partial charge in [-0.05, 0) is 25.7 Å². The summed E-state index contributed by atoms with van der Waals surface area (Å²) in [5.41, 5.74) is 4.50. The van der Waals surface area contributed by atoms with Crippen LogP contribution in [0, 0.1) is 17.3 Å². The van der Waals surface area contributed by atoms with Crippen molar-refractivity contribution in [3.8, 4) is 0 Å². The summed E-state index contributed by atoms with van der Waals surface area (Å²) in [4.78, 5) is 36.2. The fourth-order valence-electron chi connectivity index (χ4n) is 4.31. The molecule has 0 aromatic carbocycles. The zero-order valence-corrected chi connectivity index (χ0v) is 25.1. The predicted octanol–water partition coefficient (Wildman–Crippen LogP) is -2.01. The monoisotopic (exact) mass is 528 g/mol. The van der Waals surface area contributed by atoms with Crippen molar-refractivity contribution in [2.45, 2.75) is 73.8 Å². The second kappa shape index (κ2) is 18.5. The molecule has 0 spiro atoms. The van der Waals surface area contributed by atoms with E-state index in [0.717, 1.165) is 13.0 Å². The molecule has 0 fully saturated rings. The van der Waals surface area contributed by atoms with Crippen LogP contribution in [0.2, 0.25) is 0 Å². The molecule has 0 aromatic rings. The number of hydrogen-bond donors (Lipinski definition) is 3. The van der Waals surface area contributed by atoms with Gasteiger partial charge in [0.1, 0.15) is 13.1 Å². The van der Waals surface area contributed by atoms with Gasteiger partial charge in [-0.1, -0.05) is 35.6 Å². The molecule has 0 radical (unpaired) electrons. The Kier molecular flexibility index (Phi) is 21.8. The molecule has 4 N–H and O–H groups in total. The zero-order valence-electron chi connectivity index (χ0n) is 23.1. The van der Waals surface area contributed by atoms with E-state index in [-0.39, 0.29) is 63.2 Å². The number of aliphatic hydroxyl groups is 1. The first kappa shape index (κ1) is 42.4. The third-order valence-corrected chi connectivity index (χ3v) is 6.51. The number of carboxylic acids is 1. The van der Waals surface area contributed by atoms with E-state index in [2.05, 4.69) is 19.4 Å². The Morgan fingerprint density at radius 3 is 1.94 bits per heavy atom. The minimum Gasteiger partial charge on any atom is -0.550 e. The fraction of sp³-hybridized carbons (Fsp3) is 0.885. The fourth-order valence-corrected chi connectivity index (χ4v) is 4.31. The van der Waals surface area contributed by atoms with Crippen LogP contribution in [-0.4, -0.2) is 99.4 Å². The van der Waals surface area contributed by atoms with Gasteiger partial charge in [-0.25, -0.2) is 0 Å². The van der Waals surface area contributed by atoms with Gasteiger partial charge in [-0.15, -0.1) is 0 Å². The number of nitrogens with one attached hydrogen (secondary N) is 1. The van der Waals surface area contributed by atoms with Crippen LogP contribution in [0.25, 0.3) is 0 Å². The molecule has 4 unspecified atom stereocenters. The van der Waals surface area contributed by atoms with Gasteiger partial charge in [-0.2, -0.15) is 0 Å². The number of carbonyl (C=O) groups is 3. The number of nitrogens with zero attached hydrogens (tertiary/aromatic N) is 2. The molecular formula is C26H57N4NaO5+2. The van der Waals surface area contributed by atoms with Crippen molar-refractivity contribution in [2.75, 3.05) is 61.4 Å². The zero-order chi connectivity index (χ0) is 26.0. The molecule has 10 heteroatoms. The van der Waals surface area contributed by atoms with Crippen LogP contribution >= 0.6 is 0 Å². The molecule has 0 aliphatic rings. The van der Waals surface area contributed by atoms with Crippen molar-refractivity contribution in [3.63, 3.8) is 0 Å². The summed E-state index contributed by atoms with van der Waals surface area (Å²) in [6.07, 6.45) is 1.42. The van der Waals surface area contributed by atoms with Gasteiger partial charge in [0.25, 0.3) is 0 Å². The van der Waals surface area contributed by atoms with Crippen molar-refractivity contribution in [2.24, 2.45) is 23.0 Å². The van der Waals surface area contributed by atoms with Gasteiger partial charge in [0, 0.05) is 36.2 Å². The molecule has 0 bridgehead atoms. The van der Waals surface area contributed by atoms with E-state index in [1.807, 2.05) is 28.1 Å². The van der Waals surface area contributed by atoms with Gasteiger partial charge in [0.15, 0.2) is 6.10 Å². The van der Waals surface area contributed by atoms with Crippen molar-refractivity contribution < 1.29 is 63.1 Å². The number of carbonyl (C=O) groups excluding carboxylic acids is 3. The second-order valence-electron chi connectivity index (χ2n) is 11.5. The quantitative estimate of drug-likeness (QED) is 0.114. The van der Waals surface area contributed by atoms with Crippen molar-refractivity contribution in [3.05, 3.63) is 0 Å². The van der Waals surface area contributed by atoms with E-state index < -0.39 is 35.2 Å². The van der Waals surface area contributed by atoms with Crippen molar-refractivity contribution in [1.82, 2.24) is 5.32 Å². The molecule has 0 rings (SSSR count). The first-order chi connectivity index (χ1) is 15.0. The van der Waals surface area contributed by atoms with Crippen LogP contribution in [0.3, 0.4) is 0 Å². The van der Waals surface area contributed by atoms with Crippen molar-refractivity contribution >= 4 is 17.8 Å². The smallest absolute Gasteiger partial charge is 0.550 e. The summed E-state index contributed by atoms with van der Waals surface area (Å²) in [6, 6.07) is 0. The van der Waals surface area contributed by atoms with E-state index >= 15 is 0 Å². The summed E-state index contributed by atoms with van der Waals surface area (Å²) < 4.78 is 1.33. The summed E-state index contributed by atoms with van der Waals surface area (Å²) >= 11 is 0. The maximum Gasteiger partial charge on any atom is 1.00 e. The Balaban J connectivity index is -0.00000171. The number of aliphatic hydroxyl groups excluding tert-OH is 1. The number of likely N-dealkylation sites (N-methyl/N-ethyl adjacent to an activating group) is 2. The summed E-state index contributed by atoms with van der Waals surface area (Å²) in [6.45, 7) is 7.95. The molecular weight excluding hydrogens is 471 g/mol. The van der Waals surface area contributed by atoms with Gasteiger partial charge in [0.05, 0.1) is 41.8 Å². The second-order valence-corrected chi connectivity index (χ2v) is 11.5. The number of primary amides is 1. The largest absolute Gasteiger partial charge is 1.00 e. The van der Waals surface area contributed by atoms with Crippen LogP contribution < -0.4 is 45.7 Å². The third kappa shape index (κ3) is 16.9. The summed E-state index contributed by atoms with van der Waals surface area (Å²) in [5, 5.41) is 25.0. The first-order valence-corrected chi connectivity index (χ1v) is 12.0. The molecule has 0 saturated heterocycles. The molecule has 2 amide bonds. The number of nitrogens with two attached hydrogens (primary N) is 1. The van der Waals surface area contributed by atoms with Gasteiger partial charge in [0.2, 0.25) is 11.8 Å². The van der Waals surface area contributed by atoms with Gasteiger partial charge >= 0.3 is 29.6 Å². The number of aliphatic carboxylic acids is 1. The molecule has 0 saturated carbocycles. The Hall–Kier alpha value is -0.710. The maximum atomic E-state index is 12.9. The van der Waals surface area contributed by atoms with E-state index in [1.165, 1.54) is 0 Å². The van der Waals surface area contributed by atoms with Gasteiger partial charge in [-0.3, -0.25) is 9.59 Å². The number of carboxylic acid groups (broad SMARTS) is 1. The standard InChI is InChI=1S/C24H48N4O5.2CH4.Na/c1-9-18(21(25)30)14-19(22(31)32)15-24(3,10-2)23(33)26-12-11-13-28(7,8)17-20(29)16-27(4,5)6;;;/h18-20,29H,9-17H2,1-8H3,(H2-2,25,26,30,31,32,33);2*1H4;/q;;;+1/p+1. The molecule has 0 heterocycles. The van der Waals surface area contributed by atoms with Gasteiger partial charge < -0.3 is 35.0 Å². The van der Waals surface area contributed by atoms with E-state index in [9.17, 15) is 24.6 Å². The minimum atomic E-state index is -1.26.